The Morgan fingerprint density at radius 1 is 1.00 bits per heavy atom. The van der Waals surface area contributed by atoms with Gasteiger partial charge < -0.3 is 10.4 Å². The third kappa shape index (κ3) is 3.98. The van der Waals surface area contributed by atoms with Crippen molar-refractivity contribution in [1.29, 1.82) is 0 Å². The Bertz CT molecular complexity index is 956. The Hall–Kier alpha value is -2.95. The fraction of sp³-hybridized carbons (Fsp3) is 0.208. The lowest BCUT2D eigenvalue weighted by Gasteiger charge is -2.41. The molecule has 1 amide bonds. The topological polar surface area (TPSA) is 52.6 Å². The molecule has 0 aromatic heterocycles. The zero-order valence-corrected chi connectivity index (χ0v) is 15.7. The maximum absolute atomic E-state index is 12.7. The average Bonchev–Trinajstić information content (AvgIpc) is 2.72. The molecule has 0 spiro atoms. The van der Waals surface area contributed by atoms with Gasteiger partial charge in [-0.3, -0.25) is 9.69 Å². The zero-order valence-electron chi connectivity index (χ0n) is 15.7. The molecular formula is C24H24N2O2. The highest BCUT2D eigenvalue weighted by molar-refractivity contribution is 6.04. The van der Waals surface area contributed by atoms with Gasteiger partial charge in [0.25, 0.3) is 5.91 Å². The number of para-hydroxylation sites is 1. The number of carbonyl (C=O) groups excluding carboxylic acids is 1. The summed E-state index contributed by atoms with van der Waals surface area (Å²) in [6, 6.07) is 26.1. The van der Waals surface area contributed by atoms with Crippen LogP contribution in [-0.4, -0.2) is 22.5 Å². The van der Waals surface area contributed by atoms with Crippen molar-refractivity contribution >= 4 is 11.6 Å². The number of hydrogen-bond acceptors (Lipinski definition) is 3. The van der Waals surface area contributed by atoms with Crippen LogP contribution in [0, 0.1) is 0 Å². The van der Waals surface area contributed by atoms with Gasteiger partial charge in [0, 0.05) is 35.9 Å². The largest absolute Gasteiger partial charge is 0.392 e. The van der Waals surface area contributed by atoms with E-state index in [1.54, 1.807) is 12.1 Å². The molecule has 0 aliphatic carbocycles. The Balaban J connectivity index is 1.45. The van der Waals surface area contributed by atoms with Gasteiger partial charge in [-0.2, -0.15) is 0 Å². The van der Waals surface area contributed by atoms with Gasteiger partial charge in [-0.25, -0.2) is 0 Å². The van der Waals surface area contributed by atoms with Crippen LogP contribution in [0.2, 0.25) is 0 Å². The zero-order chi connectivity index (χ0) is 19.3. The third-order valence-electron chi connectivity index (χ3n) is 5.33. The van der Waals surface area contributed by atoms with E-state index in [0.717, 1.165) is 18.7 Å². The normalized spacial score (nSPS) is 16.4. The second kappa shape index (κ2) is 8.38. The van der Waals surface area contributed by atoms with Gasteiger partial charge in [0.05, 0.1) is 6.61 Å². The number of rotatable bonds is 6. The third-order valence-corrected chi connectivity index (χ3v) is 5.33. The number of nitrogens with zero attached hydrogens (tertiary/aromatic N) is 1. The minimum Gasteiger partial charge on any atom is -0.392 e. The van der Waals surface area contributed by atoms with Gasteiger partial charge in [-0.05, 0) is 35.7 Å². The molecule has 0 radical (unpaired) electrons. The molecule has 0 saturated carbocycles. The lowest BCUT2D eigenvalue weighted by Crippen LogP contribution is -2.40. The van der Waals surface area contributed by atoms with Gasteiger partial charge in [-0.15, -0.1) is 0 Å². The molecule has 1 heterocycles. The summed E-state index contributed by atoms with van der Waals surface area (Å²) in [5.74, 6) is -0.161. The van der Waals surface area contributed by atoms with Crippen molar-refractivity contribution in [2.75, 3.05) is 11.9 Å². The molecule has 4 heteroatoms. The molecule has 1 atom stereocenters. The molecule has 3 aromatic rings. The number of amides is 1. The molecule has 1 saturated heterocycles. The highest BCUT2D eigenvalue weighted by Gasteiger charge is 2.29. The molecule has 1 fully saturated rings. The van der Waals surface area contributed by atoms with E-state index >= 15 is 0 Å². The molecule has 1 aliphatic heterocycles. The van der Waals surface area contributed by atoms with E-state index in [2.05, 4.69) is 40.5 Å². The highest BCUT2D eigenvalue weighted by Crippen LogP contribution is 2.34. The SMILES string of the molecule is O=C(Nc1ccccc1CO)c1cccc(CN2CCC2c2ccccc2)c1. The molecular weight excluding hydrogens is 348 g/mol. The van der Waals surface area contributed by atoms with Crippen LogP contribution in [-0.2, 0) is 13.2 Å². The van der Waals surface area contributed by atoms with Crippen LogP contribution in [0.5, 0.6) is 0 Å². The Labute approximate surface area is 165 Å². The van der Waals surface area contributed by atoms with Crippen molar-refractivity contribution in [3.05, 3.63) is 101 Å². The first-order valence-electron chi connectivity index (χ1n) is 9.62. The second-order valence-corrected chi connectivity index (χ2v) is 7.16. The van der Waals surface area contributed by atoms with Crippen LogP contribution in [0.15, 0.2) is 78.9 Å². The predicted molar refractivity (Wildman–Crippen MR) is 111 cm³/mol. The van der Waals surface area contributed by atoms with Crippen LogP contribution < -0.4 is 5.32 Å². The number of aliphatic hydroxyl groups excluding tert-OH is 1. The molecule has 4 rings (SSSR count). The van der Waals surface area contributed by atoms with Gasteiger partial charge in [0.1, 0.15) is 0 Å². The van der Waals surface area contributed by atoms with Gasteiger partial charge in [0.15, 0.2) is 0 Å². The maximum atomic E-state index is 12.7. The Morgan fingerprint density at radius 3 is 2.54 bits per heavy atom. The van der Waals surface area contributed by atoms with Crippen molar-refractivity contribution < 1.29 is 9.90 Å². The van der Waals surface area contributed by atoms with E-state index in [0.29, 0.717) is 22.9 Å². The van der Waals surface area contributed by atoms with E-state index in [4.69, 9.17) is 0 Å². The first kappa shape index (κ1) is 18.4. The molecule has 0 bridgehead atoms. The summed E-state index contributed by atoms with van der Waals surface area (Å²) in [5.41, 5.74) is 4.46. The fourth-order valence-corrected chi connectivity index (χ4v) is 3.70. The van der Waals surface area contributed by atoms with Crippen LogP contribution in [0.25, 0.3) is 0 Å². The maximum Gasteiger partial charge on any atom is 0.255 e. The number of nitrogens with one attached hydrogen (secondary N) is 1. The number of benzene rings is 3. The van der Waals surface area contributed by atoms with Crippen molar-refractivity contribution in [2.45, 2.75) is 25.6 Å². The van der Waals surface area contributed by atoms with Gasteiger partial charge >= 0.3 is 0 Å². The van der Waals surface area contributed by atoms with E-state index in [1.165, 1.54) is 12.0 Å². The molecule has 3 aromatic carbocycles. The molecule has 142 valence electrons. The van der Waals surface area contributed by atoms with Crippen LogP contribution in [0.1, 0.15) is 39.5 Å². The standard InChI is InChI=1S/C24H24N2O2/c27-17-21-10-4-5-12-22(21)25-24(28)20-11-6-7-18(15-20)16-26-14-13-23(26)19-8-2-1-3-9-19/h1-12,15,23,27H,13-14,16-17H2,(H,25,28). The predicted octanol–water partition coefficient (Wildman–Crippen LogP) is 4.38. The number of likely N-dealkylation sites (tertiary alicyclic amines) is 1. The molecule has 28 heavy (non-hydrogen) atoms. The number of aliphatic hydroxyl groups is 1. The van der Waals surface area contributed by atoms with E-state index < -0.39 is 0 Å². The van der Waals surface area contributed by atoms with Crippen molar-refractivity contribution in [3.63, 3.8) is 0 Å². The fourth-order valence-electron chi connectivity index (χ4n) is 3.70. The molecule has 1 aliphatic rings. The lowest BCUT2D eigenvalue weighted by atomic mass is 9.94. The Morgan fingerprint density at radius 2 is 1.79 bits per heavy atom. The lowest BCUT2D eigenvalue weighted by molar-refractivity contribution is 0.0818. The van der Waals surface area contributed by atoms with E-state index in [-0.39, 0.29) is 12.5 Å². The van der Waals surface area contributed by atoms with Crippen molar-refractivity contribution in [3.8, 4) is 0 Å². The van der Waals surface area contributed by atoms with Crippen LogP contribution in [0.4, 0.5) is 5.69 Å². The summed E-state index contributed by atoms with van der Waals surface area (Å²) in [6.07, 6.45) is 1.17. The monoisotopic (exact) mass is 372 g/mol. The number of carbonyl (C=O) groups is 1. The summed E-state index contributed by atoms with van der Waals surface area (Å²) in [4.78, 5) is 15.1. The minimum atomic E-state index is -0.161. The molecule has 4 nitrogen and oxygen atoms in total. The second-order valence-electron chi connectivity index (χ2n) is 7.16. The first-order chi connectivity index (χ1) is 13.7. The van der Waals surface area contributed by atoms with Gasteiger partial charge in [0.2, 0.25) is 0 Å². The first-order valence-corrected chi connectivity index (χ1v) is 9.62. The summed E-state index contributed by atoms with van der Waals surface area (Å²) < 4.78 is 0. The van der Waals surface area contributed by atoms with Crippen molar-refractivity contribution in [2.24, 2.45) is 0 Å². The summed E-state index contributed by atoms with van der Waals surface area (Å²) in [6.45, 7) is 1.79. The minimum absolute atomic E-state index is 0.105. The summed E-state index contributed by atoms with van der Waals surface area (Å²) in [7, 11) is 0. The quantitative estimate of drug-likeness (QED) is 0.675. The average molecular weight is 372 g/mol. The van der Waals surface area contributed by atoms with Crippen LogP contribution in [0.3, 0.4) is 0 Å². The molecule has 1 unspecified atom stereocenters. The summed E-state index contributed by atoms with van der Waals surface area (Å²) >= 11 is 0. The molecule has 2 N–H and O–H groups in total. The van der Waals surface area contributed by atoms with Gasteiger partial charge in [-0.1, -0.05) is 60.7 Å². The smallest absolute Gasteiger partial charge is 0.255 e. The number of anilines is 1. The number of hydrogen-bond donors (Lipinski definition) is 2. The highest BCUT2D eigenvalue weighted by atomic mass is 16.3. The van der Waals surface area contributed by atoms with Crippen LogP contribution >= 0.6 is 0 Å². The Kier molecular flexibility index (Phi) is 5.51. The summed E-state index contributed by atoms with van der Waals surface area (Å²) in [5, 5.41) is 12.3. The van der Waals surface area contributed by atoms with E-state index in [1.807, 2.05) is 36.4 Å². The van der Waals surface area contributed by atoms with E-state index in [9.17, 15) is 9.90 Å². The van der Waals surface area contributed by atoms with Crippen molar-refractivity contribution in [1.82, 2.24) is 4.90 Å².